The highest BCUT2D eigenvalue weighted by atomic mass is 32.2. The van der Waals surface area contributed by atoms with E-state index in [-0.39, 0.29) is 5.91 Å². The molecule has 1 atom stereocenters. The van der Waals surface area contributed by atoms with Gasteiger partial charge in [0, 0.05) is 17.5 Å². The normalized spacial score (nSPS) is 18.6. The molecule has 1 amide bonds. The lowest BCUT2D eigenvalue weighted by atomic mass is 10.2. The van der Waals surface area contributed by atoms with Crippen LogP contribution in [0.25, 0.3) is 0 Å². The van der Waals surface area contributed by atoms with E-state index >= 15 is 0 Å². The summed E-state index contributed by atoms with van der Waals surface area (Å²) in [7, 11) is 0. The summed E-state index contributed by atoms with van der Waals surface area (Å²) in [5.74, 6) is 2.99. The highest BCUT2D eigenvalue weighted by Crippen LogP contribution is 2.17. The number of nitrogen functional groups attached to an aromatic ring is 1. The fraction of sp³-hybridized carbons (Fsp3) is 0.462. The Kier molecular flexibility index (Phi) is 4.75. The number of rotatable bonds is 5. The molecule has 1 fully saturated rings. The third kappa shape index (κ3) is 4.14. The topological polar surface area (TPSA) is 64.3 Å². The molecule has 1 aromatic rings. The highest BCUT2D eigenvalue weighted by molar-refractivity contribution is 7.99. The zero-order valence-corrected chi connectivity index (χ0v) is 11.0. The van der Waals surface area contributed by atoms with Crippen LogP contribution in [0, 0.1) is 0 Å². The first-order chi connectivity index (χ1) is 8.74. The number of amides is 1. The number of anilines is 1. The summed E-state index contributed by atoms with van der Waals surface area (Å²) >= 11 is 1.89. The van der Waals surface area contributed by atoms with Crippen LogP contribution in [0.5, 0.6) is 5.75 Å². The summed E-state index contributed by atoms with van der Waals surface area (Å²) in [6.45, 7) is 0.398. The Balaban J connectivity index is 1.65. The molecule has 1 saturated heterocycles. The van der Waals surface area contributed by atoms with Gasteiger partial charge in [0.2, 0.25) is 5.91 Å². The SMILES string of the molecule is Nc1ccc(OCCC(=O)NC2CCSC2)cc1. The van der Waals surface area contributed by atoms with Crippen molar-refractivity contribution < 1.29 is 9.53 Å². The Morgan fingerprint density at radius 2 is 2.22 bits per heavy atom. The minimum atomic E-state index is 0.0675. The number of nitrogens with one attached hydrogen (secondary N) is 1. The predicted octanol–water partition coefficient (Wildman–Crippen LogP) is 1.66. The molecule has 0 aromatic heterocycles. The van der Waals surface area contributed by atoms with E-state index in [1.807, 2.05) is 11.8 Å². The molecule has 4 nitrogen and oxygen atoms in total. The van der Waals surface area contributed by atoms with E-state index in [2.05, 4.69) is 5.32 Å². The second kappa shape index (κ2) is 6.54. The van der Waals surface area contributed by atoms with E-state index in [4.69, 9.17) is 10.5 Å². The Hall–Kier alpha value is -1.36. The fourth-order valence-electron chi connectivity index (χ4n) is 1.77. The van der Waals surface area contributed by atoms with Crippen molar-refractivity contribution in [2.45, 2.75) is 18.9 Å². The first-order valence-electron chi connectivity index (χ1n) is 6.09. The van der Waals surface area contributed by atoms with Gasteiger partial charge in [0.1, 0.15) is 5.75 Å². The molecule has 1 heterocycles. The van der Waals surface area contributed by atoms with Crippen LogP contribution in [-0.4, -0.2) is 30.1 Å². The van der Waals surface area contributed by atoms with Gasteiger partial charge in [0.25, 0.3) is 0 Å². The Morgan fingerprint density at radius 1 is 1.44 bits per heavy atom. The summed E-state index contributed by atoms with van der Waals surface area (Å²) in [6, 6.07) is 7.52. The molecule has 1 aromatic carbocycles. The van der Waals surface area contributed by atoms with Crippen molar-refractivity contribution in [2.24, 2.45) is 0 Å². The van der Waals surface area contributed by atoms with Gasteiger partial charge >= 0.3 is 0 Å². The van der Waals surface area contributed by atoms with E-state index in [0.717, 1.165) is 23.7 Å². The molecular formula is C13H18N2O2S. The summed E-state index contributed by atoms with van der Waals surface area (Å²) in [5, 5.41) is 3.01. The first-order valence-corrected chi connectivity index (χ1v) is 7.25. The minimum Gasteiger partial charge on any atom is -0.493 e. The van der Waals surface area contributed by atoms with Crippen molar-refractivity contribution >= 4 is 23.4 Å². The van der Waals surface area contributed by atoms with Gasteiger partial charge in [-0.2, -0.15) is 11.8 Å². The lowest BCUT2D eigenvalue weighted by Crippen LogP contribution is -2.35. The average Bonchev–Trinajstić information content (AvgIpc) is 2.84. The number of thioether (sulfide) groups is 1. The summed E-state index contributed by atoms with van der Waals surface area (Å²) < 4.78 is 5.47. The van der Waals surface area contributed by atoms with Gasteiger partial charge in [-0.25, -0.2) is 0 Å². The number of carbonyl (C=O) groups excluding carboxylic acids is 1. The molecule has 98 valence electrons. The molecule has 5 heteroatoms. The number of benzene rings is 1. The lowest BCUT2D eigenvalue weighted by Gasteiger charge is -2.11. The van der Waals surface area contributed by atoms with E-state index in [0.29, 0.717) is 24.8 Å². The van der Waals surface area contributed by atoms with E-state index in [1.54, 1.807) is 24.3 Å². The largest absolute Gasteiger partial charge is 0.493 e. The van der Waals surface area contributed by atoms with Crippen LogP contribution in [-0.2, 0) is 4.79 Å². The second-order valence-electron chi connectivity index (χ2n) is 4.30. The van der Waals surface area contributed by atoms with Gasteiger partial charge in [-0.15, -0.1) is 0 Å². The maximum absolute atomic E-state index is 11.6. The smallest absolute Gasteiger partial charge is 0.223 e. The highest BCUT2D eigenvalue weighted by Gasteiger charge is 2.17. The molecule has 0 radical (unpaired) electrons. The quantitative estimate of drug-likeness (QED) is 0.796. The van der Waals surface area contributed by atoms with Crippen molar-refractivity contribution in [3.63, 3.8) is 0 Å². The van der Waals surface area contributed by atoms with Crippen molar-refractivity contribution in [1.29, 1.82) is 0 Å². The Morgan fingerprint density at radius 3 is 2.89 bits per heavy atom. The second-order valence-corrected chi connectivity index (χ2v) is 5.45. The summed E-state index contributed by atoms with van der Waals surface area (Å²) in [4.78, 5) is 11.6. The molecular weight excluding hydrogens is 248 g/mol. The van der Waals surface area contributed by atoms with E-state index < -0.39 is 0 Å². The van der Waals surface area contributed by atoms with Gasteiger partial charge in [-0.05, 0) is 36.4 Å². The van der Waals surface area contributed by atoms with Crippen LogP contribution in [0.4, 0.5) is 5.69 Å². The Labute approximate surface area is 111 Å². The summed E-state index contributed by atoms with van der Waals surface area (Å²) in [5.41, 5.74) is 6.28. The van der Waals surface area contributed by atoms with Gasteiger partial charge in [0.05, 0.1) is 13.0 Å². The van der Waals surface area contributed by atoms with Crippen molar-refractivity contribution in [3.05, 3.63) is 24.3 Å². The van der Waals surface area contributed by atoms with Crippen molar-refractivity contribution in [3.8, 4) is 5.75 Å². The molecule has 2 rings (SSSR count). The number of ether oxygens (including phenoxy) is 1. The van der Waals surface area contributed by atoms with Crippen LogP contribution in [0.3, 0.4) is 0 Å². The van der Waals surface area contributed by atoms with Crippen LogP contribution in [0.2, 0.25) is 0 Å². The molecule has 1 aliphatic heterocycles. The molecule has 0 aliphatic carbocycles. The van der Waals surface area contributed by atoms with Crippen LogP contribution >= 0.6 is 11.8 Å². The maximum Gasteiger partial charge on any atom is 0.223 e. The number of hydrogen-bond acceptors (Lipinski definition) is 4. The minimum absolute atomic E-state index is 0.0675. The number of nitrogens with two attached hydrogens (primary N) is 1. The van der Waals surface area contributed by atoms with Gasteiger partial charge in [0.15, 0.2) is 0 Å². The first kappa shape index (κ1) is 13.1. The van der Waals surface area contributed by atoms with Gasteiger partial charge < -0.3 is 15.8 Å². The molecule has 1 unspecified atom stereocenters. The van der Waals surface area contributed by atoms with Gasteiger partial charge in [-0.3, -0.25) is 4.79 Å². The zero-order chi connectivity index (χ0) is 12.8. The molecule has 1 aliphatic rings. The standard InChI is InChI=1S/C13H18N2O2S/c14-10-1-3-12(4-2-10)17-7-5-13(16)15-11-6-8-18-9-11/h1-4,11H,5-9,14H2,(H,15,16). The van der Waals surface area contributed by atoms with Crippen molar-refractivity contribution in [2.75, 3.05) is 23.8 Å². The molecule has 3 N–H and O–H groups in total. The third-order valence-corrected chi connectivity index (χ3v) is 3.94. The summed E-state index contributed by atoms with van der Waals surface area (Å²) in [6.07, 6.45) is 1.47. The van der Waals surface area contributed by atoms with Crippen molar-refractivity contribution in [1.82, 2.24) is 5.32 Å². The maximum atomic E-state index is 11.6. The van der Waals surface area contributed by atoms with Crippen LogP contribution in [0.1, 0.15) is 12.8 Å². The number of carbonyl (C=O) groups is 1. The van der Waals surface area contributed by atoms with Gasteiger partial charge in [-0.1, -0.05) is 0 Å². The molecule has 0 bridgehead atoms. The van der Waals surface area contributed by atoms with E-state index in [9.17, 15) is 4.79 Å². The molecule has 0 saturated carbocycles. The predicted molar refractivity (Wildman–Crippen MR) is 74.8 cm³/mol. The monoisotopic (exact) mass is 266 g/mol. The lowest BCUT2D eigenvalue weighted by molar-refractivity contribution is -0.122. The Bertz CT molecular complexity index is 388. The fourth-order valence-corrected chi connectivity index (χ4v) is 2.93. The third-order valence-electron chi connectivity index (χ3n) is 2.77. The molecule has 18 heavy (non-hydrogen) atoms. The van der Waals surface area contributed by atoms with Crippen LogP contribution in [0.15, 0.2) is 24.3 Å². The molecule has 0 spiro atoms. The number of hydrogen-bond donors (Lipinski definition) is 2. The average molecular weight is 266 g/mol. The zero-order valence-electron chi connectivity index (χ0n) is 10.2. The van der Waals surface area contributed by atoms with E-state index in [1.165, 1.54) is 0 Å². The van der Waals surface area contributed by atoms with Crippen LogP contribution < -0.4 is 15.8 Å².